The molecule has 1 rings (SSSR count). The lowest BCUT2D eigenvalue weighted by molar-refractivity contribution is 1.39. The number of benzene rings is 1. The van der Waals surface area contributed by atoms with E-state index in [2.05, 4.69) is 22.6 Å². The fraction of sp³-hybridized carbons (Fsp3) is 0.200. The van der Waals surface area contributed by atoms with Crippen molar-refractivity contribution in [2.75, 3.05) is 14.1 Å². The lowest BCUT2D eigenvalue weighted by atomic mass is 9.91. The van der Waals surface area contributed by atoms with E-state index in [0.717, 1.165) is 28.0 Å². The van der Waals surface area contributed by atoms with E-state index >= 15 is 0 Å². The summed E-state index contributed by atoms with van der Waals surface area (Å²) in [5.41, 5.74) is 5.11. The second-order valence-electron chi connectivity index (χ2n) is 4.83. The highest BCUT2D eigenvalue weighted by atomic mass is 35.5. The number of hydrogen-bond acceptors (Lipinski definition) is 2. The maximum Gasteiger partial charge on any atom is 0.0406 e. The summed E-state index contributed by atoms with van der Waals surface area (Å²) in [6.07, 6.45) is 9.62. The Hall–Kier alpha value is -2.19. The Morgan fingerprint density at radius 2 is 1.83 bits per heavy atom. The Morgan fingerprint density at radius 1 is 1.17 bits per heavy atom. The Morgan fingerprint density at radius 3 is 2.30 bits per heavy atom. The van der Waals surface area contributed by atoms with Crippen molar-refractivity contribution in [3.8, 4) is 0 Å². The summed E-state index contributed by atoms with van der Waals surface area (Å²) in [4.78, 5) is 8.61. The average Bonchev–Trinajstić information content (AvgIpc) is 2.57. The van der Waals surface area contributed by atoms with Crippen molar-refractivity contribution in [2.24, 2.45) is 9.98 Å². The first-order valence-corrected chi connectivity index (χ1v) is 7.78. The minimum Gasteiger partial charge on any atom is -0.296 e. The zero-order valence-corrected chi connectivity index (χ0v) is 14.9. The van der Waals surface area contributed by atoms with Gasteiger partial charge < -0.3 is 0 Å². The van der Waals surface area contributed by atoms with Crippen molar-refractivity contribution in [3.05, 3.63) is 76.9 Å². The normalized spacial score (nSPS) is 14.5. The molecule has 0 atom stereocenters. The minimum absolute atomic E-state index is 0.710. The van der Waals surface area contributed by atoms with E-state index in [1.54, 1.807) is 20.2 Å². The molecule has 0 fully saturated rings. The predicted octanol–water partition coefficient (Wildman–Crippen LogP) is 5.57. The molecule has 0 spiro atoms. The summed E-state index contributed by atoms with van der Waals surface area (Å²) < 4.78 is 0. The van der Waals surface area contributed by atoms with Crippen molar-refractivity contribution in [1.82, 2.24) is 0 Å². The van der Waals surface area contributed by atoms with Gasteiger partial charge in [-0.3, -0.25) is 9.98 Å². The molecule has 1 aromatic rings. The molecule has 2 nitrogen and oxygen atoms in total. The standard InChI is InChI=1S/C20H23ClN2/c1-6-8-9-16(7-2)20(15(3)23-5)19(14-22-4)17-10-12-18(21)13-11-17/h6-14H,1H2,2-5H3/b9-8-,16-7+,20-19-,22-14?,23-15?. The van der Waals surface area contributed by atoms with Crippen LogP contribution < -0.4 is 0 Å². The Kier molecular flexibility index (Phi) is 8.00. The van der Waals surface area contributed by atoms with Crippen LogP contribution in [0.2, 0.25) is 5.02 Å². The second kappa shape index (κ2) is 9.75. The first kappa shape index (κ1) is 18.9. The van der Waals surface area contributed by atoms with Gasteiger partial charge in [-0.25, -0.2) is 0 Å². The van der Waals surface area contributed by atoms with E-state index in [9.17, 15) is 0 Å². The molecule has 0 N–H and O–H groups in total. The fourth-order valence-corrected chi connectivity index (χ4v) is 2.33. The fourth-order valence-electron chi connectivity index (χ4n) is 2.21. The van der Waals surface area contributed by atoms with E-state index in [1.807, 2.05) is 56.5 Å². The quantitative estimate of drug-likeness (QED) is 0.482. The summed E-state index contributed by atoms with van der Waals surface area (Å²) in [5, 5.41) is 0.710. The van der Waals surface area contributed by atoms with Gasteiger partial charge in [0.05, 0.1) is 0 Å². The smallest absolute Gasteiger partial charge is 0.0406 e. The van der Waals surface area contributed by atoms with Gasteiger partial charge in [-0.1, -0.05) is 54.6 Å². The van der Waals surface area contributed by atoms with E-state index in [1.165, 1.54) is 0 Å². The van der Waals surface area contributed by atoms with Gasteiger partial charge in [0.2, 0.25) is 0 Å². The highest BCUT2D eigenvalue weighted by molar-refractivity contribution is 6.30. The van der Waals surface area contributed by atoms with Crippen LogP contribution in [0.4, 0.5) is 0 Å². The lowest BCUT2D eigenvalue weighted by Crippen LogP contribution is -2.05. The molecule has 0 saturated carbocycles. The third kappa shape index (κ3) is 5.19. The van der Waals surface area contributed by atoms with Gasteiger partial charge in [0.15, 0.2) is 0 Å². The van der Waals surface area contributed by atoms with Crippen molar-refractivity contribution < 1.29 is 0 Å². The van der Waals surface area contributed by atoms with Crippen LogP contribution in [0, 0.1) is 0 Å². The van der Waals surface area contributed by atoms with Gasteiger partial charge in [0.25, 0.3) is 0 Å². The highest BCUT2D eigenvalue weighted by Gasteiger charge is 2.13. The molecule has 3 heteroatoms. The van der Waals surface area contributed by atoms with Crippen LogP contribution in [0.3, 0.4) is 0 Å². The van der Waals surface area contributed by atoms with Crippen molar-refractivity contribution in [1.29, 1.82) is 0 Å². The van der Waals surface area contributed by atoms with Crippen molar-refractivity contribution in [2.45, 2.75) is 13.8 Å². The Balaban J connectivity index is 3.71. The summed E-state index contributed by atoms with van der Waals surface area (Å²) in [6, 6.07) is 7.75. The monoisotopic (exact) mass is 326 g/mol. The third-order valence-electron chi connectivity index (χ3n) is 3.39. The second-order valence-corrected chi connectivity index (χ2v) is 5.27. The predicted molar refractivity (Wildman–Crippen MR) is 105 cm³/mol. The Bertz CT molecular complexity index is 687. The molecule has 23 heavy (non-hydrogen) atoms. The zero-order valence-electron chi connectivity index (χ0n) is 14.2. The third-order valence-corrected chi connectivity index (χ3v) is 3.64. The topological polar surface area (TPSA) is 24.7 Å². The summed E-state index contributed by atoms with van der Waals surface area (Å²) in [6.45, 7) is 7.75. The maximum atomic E-state index is 6.01. The largest absolute Gasteiger partial charge is 0.296 e. The van der Waals surface area contributed by atoms with Crippen LogP contribution in [-0.2, 0) is 0 Å². The zero-order chi connectivity index (χ0) is 17.2. The van der Waals surface area contributed by atoms with Crippen molar-refractivity contribution >= 4 is 29.1 Å². The van der Waals surface area contributed by atoms with E-state index in [0.29, 0.717) is 5.02 Å². The first-order valence-electron chi connectivity index (χ1n) is 7.40. The molecule has 0 aliphatic carbocycles. The molecule has 0 heterocycles. The van der Waals surface area contributed by atoms with Gasteiger partial charge in [-0.05, 0) is 37.1 Å². The van der Waals surface area contributed by atoms with E-state index in [-0.39, 0.29) is 0 Å². The van der Waals surface area contributed by atoms with Crippen LogP contribution in [0.1, 0.15) is 19.4 Å². The molecular formula is C20H23ClN2. The SMILES string of the molecule is C=C\C=C/C(=C\C)C(/C(C)=NC)=C(/C=NC)c1ccc(Cl)cc1. The maximum absolute atomic E-state index is 6.01. The number of aliphatic imine (C=N–C) groups is 2. The van der Waals surface area contributed by atoms with E-state index in [4.69, 9.17) is 11.6 Å². The molecule has 0 radical (unpaired) electrons. The lowest BCUT2D eigenvalue weighted by Gasteiger charge is -2.14. The van der Waals surface area contributed by atoms with Gasteiger partial charge in [0.1, 0.15) is 0 Å². The number of halogens is 1. The summed E-state index contributed by atoms with van der Waals surface area (Å²) in [7, 11) is 3.56. The molecule has 0 aliphatic rings. The van der Waals surface area contributed by atoms with Crippen LogP contribution in [0.15, 0.2) is 76.3 Å². The number of allylic oxidation sites excluding steroid dienone is 7. The highest BCUT2D eigenvalue weighted by Crippen LogP contribution is 2.26. The van der Waals surface area contributed by atoms with Gasteiger partial charge in [0, 0.05) is 42.2 Å². The van der Waals surface area contributed by atoms with Gasteiger partial charge in [-0.2, -0.15) is 0 Å². The number of rotatable bonds is 6. The molecule has 0 amide bonds. The summed E-state index contributed by atoms with van der Waals surface area (Å²) >= 11 is 6.01. The average molecular weight is 327 g/mol. The Labute approximate surface area is 144 Å². The number of nitrogens with zero attached hydrogens (tertiary/aromatic N) is 2. The van der Waals surface area contributed by atoms with Crippen LogP contribution in [-0.4, -0.2) is 26.0 Å². The molecule has 0 bridgehead atoms. The molecule has 0 saturated heterocycles. The van der Waals surface area contributed by atoms with Crippen LogP contribution in [0.5, 0.6) is 0 Å². The van der Waals surface area contributed by atoms with Crippen LogP contribution in [0.25, 0.3) is 5.57 Å². The summed E-state index contributed by atoms with van der Waals surface area (Å²) in [5.74, 6) is 0. The van der Waals surface area contributed by atoms with E-state index < -0.39 is 0 Å². The van der Waals surface area contributed by atoms with Gasteiger partial charge >= 0.3 is 0 Å². The molecule has 1 aromatic carbocycles. The van der Waals surface area contributed by atoms with Crippen molar-refractivity contribution in [3.63, 3.8) is 0 Å². The minimum atomic E-state index is 0.710. The molecule has 0 unspecified atom stereocenters. The number of hydrogen-bond donors (Lipinski definition) is 0. The molecule has 120 valence electrons. The van der Waals surface area contributed by atoms with Crippen LogP contribution >= 0.6 is 11.6 Å². The van der Waals surface area contributed by atoms with Gasteiger partial charge in [-0.15, -0.1) is 0 Å². The molecule has 0 aromatic heterocycles. The molecule has 0 aliphatic heterocycles. The first-order chi connectivity index (χ1) is 11.1. The molecular weight excluding hydrogens is 304 g/mol.